The van der Waals surface area contributed by atoms with Gasteiger partial charge in [-0.15, -0.1) is 0 Å². The van der Waals surface area contributed by atoms with Crippen molar-refractivity contribution in [1.29, 1.82) is 0 Å². The first-order chi connectivity index (χ1) is 8.04. The predicted octanol–water partition coefficient (Wildman–Crippen LogP) is 2.07. The highest BCUT2D eigenvalue weighted by Crippen LogP contribution is 2.44. The fourth-order valence-corrected chi connectivity index (χ4v) is 2.63. The van der Waals surface area contributed by atoms with Crippen LogP contribution in [0.3, 0.4) is 0 Å². The molecular weight excluding hydrogens is 214 g/mol. The van der Waals surface area contributed by atoms with Crippen LogP contribution in [0.15, 0.2) is 24.3 Å². The van der Waals surface area contributed by atoms with Crippen LogP contribution in [0.2, 0.25) is 0 Å². The maximum absolute atomic E-state index is 11.2. The van der Waals surface area contributed by atoms with Crippen molar-refractivity contribution >= 4 is 5.97 Å². The molecule has 1 N–H and O–H groups in total. The smallest absolute Gasteiger partial charge is 0.319 e. The minimum atomic E-state index is -0.217. The number of nitrogens with one attached hydrogen (secondary N) is 1. The third-order valence-electron chi connectivity index (χ3n) is 3.47. The van der Waals surface area contributed by atoms with Gasteiger partial charge in [-0.25, -0.2) is 0 Å². The van der Waals surface area contributed by atoms with Gasteiger partial charge in [0.05, 0.1) is 13.7 Å². The summed E-state index contributed by atoms with van der Waals surface area (Å²) in [4.78, 5) is 11.2. The van der Waals surface area contributed by atoms with E-state index in [9.17, 15) is 4.79 Å². The Bertz CT molecular complexity index is 426. The predicted molar refractivity (Wildman–Crippen MR) is 66.7 cm³/mol. The highest BCUT2D eigenvalue weighted by Gasteiger charge is 2.38. The number of benzene rings is 1. The molecule has 2 rings (SSSR count). The summed E-state index contributed by atoms with van der Waals surface area (Å²) in [6.07, 6.45) is 1.04. The third-order valence-corrected chi connectivity index (χ3v) is 3.47. The molecule has 1 aromatic carbocycles. The molecule has 1 aromatic rings. The molecule has 0 fully saturated rings. The van der Waals surface area contributed by atoms with E-state index in [0.717, 1.165) is 6.42 Å². The van der Waals surface area contributed by atoms with E-state index in [1.165, 1.54) is 18.2 Å². The van der Waals surface area contributed by atoms with Crippen LogP contribution >= 0.6 is 0 Å². The Hall–Kier alpha value is -1.35. The number of carbonyl (C=O) groups is 1. The maximum Gasteiger partial charge on any atom is 0.319 e. The lowest BCUT2D eigenvalue weighted by Crippen LogP contribution is -2.35. The molecule has 0 bridgehead atoms. The molecule has 3 heteroatoms. The molecule has 0 spiro atoms. The van der Waals surface area contributed by atoms with Crippen molar-refractivity contribution in [3.8, 4) is 0 Å². The summed E-state index contributed by atoms with van der Waals surface area (Å²) < 4.78 is 4.66. The van der Waals surface area contributed by atoms with Crippen LogP contribution in [-0.2, 0) is 16.0 Å². The summed E-state index contributed by atoms with van der Waals surface area (Å²) in [6.45, 7) is 4.71. The molecule has 0 heterocycles. The van der Waals surface area contributed by atoms with E-state index >= 15 is 0 Å². The zero-order valence-electron chi connectivity index (χ0n) is 10.6. The van der Waals surface area contributed by atoms with E-state index < -0.39 is 0 Å². The van der Waals surface area contributed by atoms with Gasteiger partial charge in [-0.3, -0.25) is 10.1 Å². The van der Waals surface area contributed by atoms with Crippen molar-refractivity contribution in [3.05, 3.63) is 35.4 Å². The zero-order valence-corrected chi connectivity index (χ0v) is 10.6. The van der Waals surface area contributed by atoms with E-state index in [1.54, 1.807) is 0 Å². The maximum atomic E-state index is 11.2. The van der Waals surface area contributed by atoms with Gasteiger partial charge in [-0.05, 0) is 23.0 Å². The molecule has 1 atom stereocenters. The highest BCUT2D eigenvalue weighted by molar-refractivity contribution is 5.71. The monoisotopic (exact) mass is 233 g/mol. The van der Waals surface area contributed by atoms with Crippen molar-refractivity contribution in [3.63, 3.8) is 0 Å². The molecule has 0 aromatic heterocycles. The van der Waals surface area contributed by atoms with Crippen molar-refractivity contribution in [1.82, 2.24) is 5.32 Å². The second-order valence-corrected chi connectivity index (χ2v) is 5.25. The van der Waals surface area contributed by atoms with Crippen molar-refractivity contribution < 1.29 is 9.53 Å². The van der Waals surface area contributed by atoms with E-state index in [1.807, 2.05) is 6.07 Å². The van der Waals surface area contributed by atoms with Gasteiger partial charge >= 0.3 is 5.97 Å². The molecule has 92 valence electrons. The summed E-state index contributed by atoms with van der Waals surface area (Å²) in [7, 11) is 1.41. The van der Waals surface area contributed by atoms with Crippen LogP contribution in [0.4, 0.5) is 0 Å². The number of hydrogen-bond donors (Lipinski definition) is 1. The fourth-order valence-electron chi connectivity index (χ4n) is 2.63. The van der Waals surface area contributed by atoms with Gasteiger partial charge in [0.1, 0.15) is 0 Å². The molecule has 0 amide bonds. The Balaban J connectivity index is 2.17. The van der Waals surface area contributed by atoms with Gasteiger partial charge in [-0.2, -0.15) is 0 Å². The number of fused-ring (bicyclic) bond motifs is 1. The third kappa shape index (κ3) is 2.34. The highest BCUT2D eigenvalue weighted by atomic mass is 16.5. The SMILES string of the molecule is COC(=O)CNC1c2ccccc2CC1(C)C. The fraction of sp³-hybridized carbons (Fsp3) is 0.500. The first-order valence-corrected chi connectivity index (χ1v) is 5.92. The normalized spacial score (nSPS) is 21.0. The minimum absolute atomic E-state index is 0.137. The van der Waals surface area contributed by atoms with Gasteiger partial charge in [0, 0.05) is 6.04 Å². The van der Waals surface area contributed by atoms with Gasteiger partial charge in [0.15, 0.2) is 0 Å². The molecular formula is C14H19NO2. The average molecular weight is 233 g/mol. The topological polar surface area (TPSA) is 38.3 Å². The number of methoxy groups -OCH3 is 1. The lowest BCUT2D eigenvalue weighted by Gasteiger charge is -2.28. The minimum Gasteiger partial charge on any atom is -0.468 e. The second kappa shape index (κ2) is 4.49. The van der Waals surface area contributed by atoms with Gasteiger partial charge in [0.2, 0.25) is 0 Å². The largest absolute Gasteiger partial charge is 0.468 e. The molecule has 0 saturated carbocycles. The van der Waals surface area contributed by atoms with Crippen LogP contribution in [-0.4, -0.2) is 19.6 Å². The first-order valence-electron chi connectivity index (χ1n) is 5.92. The summed E-state index contributed by atoms with van der Waals surface area (Å²) in [5.41, 5.74) is 2.82. The number of carbonyl (C=O) groups excluding carboxylic acids is 1. The van der Waals surface area contributed by atoms with Crippen LogP contribution in [0.5, 0.6) is 0 Å². The van der Waals surface area contributed by atoms with Crippen molar-refractivity contribution in [2.75, 3.05) is 13.7 Å². The Labute approximate surface area is 102 Å². The van der Waals surface area contributed by atoms with Gasteiger partial charge in [-0.1, -0.05) is 38.1 Å². The van der Waals surface area contributed by atoms with E-state index in [-0.39, 0.29) is 24.0 Å². The summed E-state index contributed by atoms with van der Waals surface area (Å²) in [5.74, 6) is -0.217. The Morgan fingerprint density at radius 1 is 1.47 bits per heavy atom. The number of esters is 1. The zero-order chi connectivity index (χ0) is 12.5. The van der Waals surface area contributed by atoms with Crippen LogP contribution in [0, 0.1) is 5.41 Å². The number of ether oxygens (including phenoxy) is 1. The summed E-state index contributed by atoms with van der Waals surface area (Å²) in [5, 5.41) is 3.30. The first kappa shape index (κ1) is 12.1. The summed E-state index contributed by atoms with van der Waals surface area (Å²) in [6, 6.07) is 8.64. The second-order valence-electron chi connectivity index (χ2n) is 5.25. The average Bonchev–Trinajstić information content (AvgIpc) is 2.56. The van der Waals surface area contributed by atoms with Gasteiger partial charge in [0.25, 0.3) is 0 Å². The quantitative estimate of drug-likeness (QED) is 0.812. The number of hydrogen-bond acceptors (Lipinski definition) is 3. The van der Waals surface area contributed by atoms with E-state index in [2.05, 4.69) is 42.1 Å². The van der Waals surface area contributed by atoms with E-state index in [0.29, 0.717) is 0 Å². The van der Waals surface area contributed by atoms with Crippen molar-refractivity contribution in [2.24, 2.45) is 5.41 Å². The standard InChI is InChI=1S/C14H19NO2/c1-14(2)8-10-6-4-5-7-11(10)13(14)15-9-12(16)17-3/h4-7,13,15H,8-9H2,1-3H3. The van der Waals surface area contributed by atoms with E-state index in [4.69, 9.17) is 0 Å². The molecule has 0 aliphatic heterocycles. The molecule has 0 radical (unpaired) electrons. The van der Waals surface area contributed by atoms with Gasteiger partial charge < -0.3 is 4.74 Å². The van der Waals surface area contributed by atoms with Crippen LogP contribution in [0.1, 0.15) is 31.0 Å². The van der Waals surface area contributed by atoms with Crippen LogP contribution in [0.25, 0.3) is 0 Å². The molecule has 1 aliphatic carbocycles. The van der Waals surface area contributed by atoms with Crippen LogP contribution < -0.4 is 5.32 Å². The molecule has 0 saturated heterocycles. The lowest BCUT2D eigenvalue weighted by atomic mass is 9.85. The van der Waals surface area contributed by atoms with Crippen molar-refractivity contribution in [2.45, 2.75) is 26.3 Å². The molecule has 1 unspecified atom stereocenters. The molecule has 17 heavy (non-hydrogen) atoms. The Kier molecular flexibility index (Phi) is 3.20. The number of rotatable bonds is 3. The Morgan fingerprint density at radius 2 is 2.18 bits per heavy atom. The Morgan fingerprint density at radius 3 is 2.88 bits per heavy atom. The molecule has 3 nitrogen and oxygen atoms in total. The summed E-state index contributed by atoms with van der Waals surface area (Å²) >= 11 is 0. The lowest BCUT2D eigenvalue weighted by molar-refractivity contribution is -0.139. The molecule has 1 aliphatic rings.